The topological polar surface area (TPSA) is 0 Å². The lowest BCUT2D eigenvalue weighted by Gasteiger charge is -2.51. The maximum atomic E-state index is 2.96. The maximum Gasteiger partial charge on any atom is 0.0607 e. The van der Waals surface area contributed by atoms with Crippen molar-refractivity contribution in [3.8, 4) is 0 Å². The fraction of sp³-hybridized carbons (Fsp3) is 0.840. The van der Waals surface area contributed by atoms with Crippen LogP contribution in [0.1, 0.15) is 83.5 Å². The second kappa shape index (κ2) is 7.26. The third-order valence-electron chi connectivity index (χ3n) is 9.99. The van der Waals surface area contributed by atoms with Gasteiger partial charge in [-0.25, -0.2) is 0 Å². The van der Waals surface area contributed by atoms with Crippen molar-refractivity contribution in [1.82, 2.24) is 0 Å². The molecule has 0 saturated heterocycles. The minimum atomic E-state index is -1.28. The van der Waals surface area contributed by atoms with Crippen LogP contribution in [0.3, 0.4) is 0 Å². The normalized spacial score (nSPS) is 45.3. The molecule has 7 atom stereocenters. The molecular weight excluding hydrogens is 328 g/mol. The average molecular weight is 369 g/mol. The number of hydrogen-bond donors (Lipinski definition) is 0. The van der Waals surface area contributed by atoms with Crippen molar-refractivity contribution in [3.05, 3.63) is 24.3 Å². The average Bonchev–Trinajstić information content (AvgIpc) is 3.33. The Morgan fingerprint density at radius 2 is 1.38 bits per heavy atom. The summed E-state index contributed by atoms with van der Waals surface area (Å²) in [4.78, 5) is 0. The minimum Gasteiger partial charge on any atom is -0.0808 e. The summed E-state index contributed by atoms with van der Waals surface area (Å²) in [5.41, 5.74) is 3.44. The van der Waals surface area contributed by atoms with Crippen molar-refractivity contribution in [2.24, 2.45) is 23.7 Å². The lowest BCUT2D eigenvalue weighted by Crippen LogP contribution is -2.50. The van der Waals surface area contributed by atoms with Crippen LogP contribution in [0, 0.1) is 23.7 Å². The van der Waals surface area contributed by atoms with Crippen LogP contribution < -0.4 is 0 Å². The van der Waals surface area contributed by atoms with Crippen LogP contribution in [0.5, 0.6) is 0 Å². The molecule has 5 aliphatic carbocycles. The third kappa shape index (κ3) is 2.83. The Hall–Kier alpha value is -0.303. The van der Waals surface area contributed by atoms with Gasteiger partial charge in [-0.3, -0.25) is 0 Å². The summed E-state index contributed by atoms with van der Waals surface area (Å²) in [6.45, 7) is 2.96. The first-order chi connectivity index (χ1) is 12.8. The molecule has 1 heteroatoms. The predicted octanol–water partition coefficient (Wildman–Crippen LogP) is 7.89. The highest BCUT2D eigenvalue weighted by molar-refractivity contribution is 6.83. The molecule has 0 amide bonds. The Morgan fingerprint density at radius 3 is 2.27 bits per heavy atom. The molecule has 4 saturated carbocycles. The second-order valence-electron chi connectivity index (χ2n) is 10.8. The van der Waals surface area contributed by atoms with Gasteiger partial charge in [-0.1, -0.05) is 108 Å². The van der Waals surface area contributed by atoms with E-state index in [4.69, 9.17) is 0 Å². The van der Waals surface area contributed by atoms with Crippen molar-refractivity contribution in [3.63, 3.8) is 0 Å². The Labute approximate surface area is 162 Å². The van der Waals surface area contributed by atoms with E-state index in [1.807, 2.05) is 0 Å². The molecule has 6 unspecified atom stereocenters. The van der Waals surface area contributed by atoms with E-state index in [0.717, 1.165) is 34.8 Å². The first-order valence-corrected chi connectivity index (χ1v) is 14.9. The van der Waals surface area contributed by atoms with E-state index in [9.17, 15) is 0 Å². The molecule has 0 radical (unpaired) electrons. The summed E-state index contributed by atoms with van der Waals surface area (Å²) < 4.78 is 0. The Bertz CT molecular complexity index is 557. The highest BCUT2D eigenvalue weighted by Gasteiger charge is 2.57. The molecule has 0 bridgehead atoms. The van der Waals surface area contributed by atoms with Crippen LogP contribution in [-0.2, 0) is 0 Å². The number of fused-ring (bicyclic) bond motifs is 2. The monoisotopic (exact) mass is 368 g/mol. The fourth-order valence-electron chi connectivity index (χ4n) is 8.79. The van der Waals surface area contributed by atoms with Crippen molar-refractivity contribution < 1.29 is 0 Å². The van der Waals surface area contributed by atoms with Crippen LogP contribution in [0.15, 0.2) is 24.3 Å². The van der Waals surface area contributed by atoms with Crippen molar-refractivity contribution in [2.75, 3.05) is 0 Å². The smallest absolute Gasteiger partial charge is 0.0607 e. The zero-order valence-corrected chi connectivity index (χ0v) is 18.0. The fourth-order valence-corrected chi connectivity index (χ4v) is 16.3. The van der Waals surface area contributed by atoms with Crippen LogP contribution in [0.4, 0.5) is 0 Å². The molecular formula is C25H40Si. The van der Waals surface area contributed by atoms with Crippen LogP contribution in [-0.4, -0.2) is 8.07 Å². The van der Waals surface area contributed by atoms with Crippen LogP contribution >= 0.6 is 0 Å². The first-order valence-electron chi connectivity index (χ1n) is 12.1. The largest absolute Gasteiger partial charge is 0.0808 e. The summed E-state index contributed by atoms with van der Waals surface area (Å²) in [5.74, 6) is 4.08. The molecule has 0 heterocycles. The maximum absolute atomic E-state index is 2.96. The molecule has 0 aliphatic heterocycles. The molecule has 0 nitrogen and oxygen atoms in total. The van der Waals surface area contributed by atoms with Gasteiger partial charge in [0.1, 0.15) is 0 Å². The van der Waals surface area contributed by atoms with Crippen molar-refractivity contribution in [1.29, 1.82) is 0 Å². The lowest BCUT2D eigenvalue weighted by molar-refractivity contribution is 0.271. The molecule has 5 rings (SSSR count). The Morgan fingerprint density at radius 1 is 0.654 bits per heavy atom. The highest BCUT2D eigenvalue weighted by atomic mass is 28.3. The number of hydrogen-bond acceptors (Lipinski definition) is 0. The lowest BCUT2D eigenvalue weighted by atomic mass is 9.82. The molecule has 4 fully saturated rings. The van der Waals surface area contributed by atoms with E-state index in [0.29, 0.717) is 0 Å². The van der Waals surface area contributed by atoms with Gasteiger partial charge in [-0.2, -0.15) is 0 Å². The van der Waals surface area contributed by atoms with Gasteiger partial charge in [0.2, 0.25) is 0 Å². The third-order valence-corrected chi connectivity index (χ3v) is 16.9. The van der Waals surface area contributed by atoms with Gasteiger partial charge < -0.3 is 0 Å². The summed E-state index contributed by atoms with van der Waals surface area (Å²) in [6.07, 6.45) is 30.3. The van der Waals surface area contributed by atoms with E-state index >= 15 is 0 Å². The molecule has 5 aliphatic rings. The second-order valence-corrected chi connectivity index (χ2v) is 15.8. The molecule has 0 aromatic carbocycles. The van der Waals surface area contributed by atoms with Gasteiger partial charge in [0.05, 0.1) is 8.07 Å². The number of rotatable bonds is 3. The zero-order chi connectivity index (χ0) is 17.6. The van der Waals surface area contributed by atoms with E-state index in [1.54, 1.807) is 64.2 Å². The van der Waals surface area contributed by atoms with Crippen molar-refractivity contribution >= 4 is 8.07 Å². The van der Waals surface area contributed by atoms with E-state index in [2.05, 4.69) is 30.9 Å². The van der Waals surface area contributed by atoms with E-state index < -0.39 is 8.07 Å². The van der Waals surface area contributed by atoms with Crippen LogP contribution in [0.2, 0.25) is 23.2 Å². The van der Waals surface area contributed by atoms with Crippen molar-refractivity contribution in [2.45, 2.75) is 107 Å². The van der Waals surface area contributed by atoms with Gasteiger partial charge in [0.25, 0.3) is 0 Å². The minimum absolute atomic E-state index is 0.893. The van der Waals surface area contributed by atoms with Gasteiger partial charge >= 0.3 is 0 Å². The Kier molecular flexibility index (Phi) is 4.96. The van der Waals surface area contributed by atoms with Gasteiger partial charge in [-0.15, -0.1) is 0 Å². The zero-order valence-electron chi connectivity index (χ0n) is 17.0. The molecule has 0 aromatic heterocycles. The summed E-state index contributed by atoms with van der Waals surface area (Å²) in [6, 6.07) is 0. The van der Waals surface area contributed by atoms with Crippen LogP contribution in [0.25, 0.3) is 0 Å². The summed E-state index contributed by atoms with van der Waals surface area (Å²) in [7, 11) is -1.28. The van der Waals surface area contributed by atoms with E-state index in [1.165, 1.54) is 24.8 Å². The SMILES string of the molecule is C[Si@](C1CCCCC1)(C1CCC2C=CC=CC21)C1CCC2CCCCC21. The van der Waals surface area contributed by atoms with E-state index in [-0.39, 0.29) is 0 Å². The predicted molar refractivity (Wildman–Crippen MR) is 115 cm³/mol. The molecule has 0 spiro atoms. The Balaban J connectivity index is 1.49. The molecule has 0 N–H and O–H groups in total. The summed E-state index contributed by atoms with van der Waals surface area (Å²) in [5, 5.41) is 0. The standard InChI is InChI=1S/C25H40Si/c1-26(21-11-3-2-4-12-21,24-17-15-19-9-5-7-13-22(19)24)25-18-16-20-10-6-8-14-23(20)25/h5,7,9,13,19-25H,2-4,6,8,10-12,14-18H2,1H3/t19?,20?,22?,23?,24?,25?,26-/m0/s1. The van der Waals surface area contributed by atoms with Gasteiger partial charge in [0.15, 0.2) is 0 Å². The molecule has 26 heavy (non-hydrogen) atoms. The molecule has 0 aromatic rings. The van der Waals surface area contributed by atoms with Gasteiger partial charge in [0, 0.05) is 0 Å². The molecule has 144 valence electrons. The first kappa shape index (κ1) is 17.8. The van der Waals surface area contributed by atoms with Gasteiger partial charge in [-0.05, 0) is 46.7 Å². The summed E-state index contributed by atoms with van der Waals surface area (Å²) >= 11 is 0. The number of allylic oxidation sites excluding steroid dienone is 4. The highest BCUT2D eigenvalue weighted by Crippen LogP contribution is 2.64. The quantitative estimate of drug-likeness (QED) is 0.444.